The van der Waals surface area contributed by atoms with Crippen LogP contribution in [-0.2, 0) is 12.1 Å². The van der Waals surface area contributed by atoms with Gasteiger partial charge in [-0.25, -0.2) is 4.98 Å². The quantitative estimate of drug-likeness (QED) is 0.325. The van der Waals surface area contributed by atoms with E-state index in [9.17, 15) is 5.11 Å². The molecule has 174 valence electrons. The number of aryl methyl sites for hydroxylation is 2. The molecule has 3 N–H and O–H groups in total. The first-order chi connectivity index (χ1) is 15.7. The first-order valence-corrected chi connectivity index (χ1v) is 11.9. The monoisotopic (exact) mass is 465 g/mol. The number of benzene rings is 1. The van der Waals surface area contributed by atoms with Crippen molar-refractivity contribution < 1.29 is 5.11 Å². The van der Waals surface area contributed by atoms with Crippen molar-refractivity contribution in [2.75, 3.05) is 31.3 Å². The van der Waals surface area contributed by atoms with Crippen molar-refractivity contribution in [2.24, 2.45) is 0 Å². The molecule has 1 aromatic carbocycles. The van der Waals surface area contributed by atoms with Crippen molar-refractivity contribution in [1.82, 2.24) is 24.6 Å². The molecule has 0 amide bonds. The van der Waals surface area contributed by atoms with Gasteiger partial charge in [0.2, 0.25) is 5.95 Å². The van der Waals surface area contributed by atoms with Crippen LogP contribution >= 0.6 is 11.3 Å². The van der Waals surface area contributed by atoms with Crippen LogP contribution in [0.5, 0.6) is 0 Å². The van der Waals surface area contributed by atoms with Crippen molar-refractivity contribution in [3.63, 3.8) is 0 Å². The molecule has 0 aliphatic heterocycles. The fourth-order valence-electron chi connectivity index (χ4n) is 3.57. The predicted octanol–water partition coefficient (Wildman–Crippen LogP) is 4.86. The molecule has 0 aliphatic rings. The standard InChI is InChI=1S/C24H31N7OS/c1-16-15-33-22-20(16)21(26-18-9-6-8-17(12-18)24(2,3)32)28-23(29-22)27-19-13-25-31(14-19)11-7-10-30(4)5/h6,8-9,12-15,32H,7,10-11H2,1-5H3,(H2,26,27,28,29). The SMILES string of the molecule is Cc1csc2nc(Nc3cnn(CCCN(C)C)c3)nc(Nc3cccc(C(C)(C)O)c3)c12. The van der Waals surface area contributed by atoms with E-state index in [0.29, 0.717) is 5.95 Å². The van der Waals surface area contributed by atoms with Crippen LogP contribution in [0, 0.1) is 6.92 Å². The number of anilines is 4. The lowest BCUT2D eigenvalue weighted by Crippen LogP contribution is -2.15. The van der Waals surface area contributed by atoms with Crippen molar-refractivity contribution >= 4 is 44.7 Å². The molecule has 4 rings (SSSR count). The molecule has 0 saturated carbocycles. The lowest BCUT2D eigenvalue weighted by molar-refractivity contribution is 0.0786. The summed E-state index contributed by atoms with van der Waals surface area (Å²) < 4.78 is 1.93. The Balaban J connectivity index is 1.59. The molecule has 33 heavy (non-hydrogen) atoms. The second-order valence-electron chi connectivity index (χ2n) is 9.03. The van der Waals surface area contributed by atoms with Gasteiger partial charge in [0.05, 0.1) is 22.9 Å². The van der Waals surface area contributed by atoms with E-state index in [1.165, 1.54) is 0 Å². The third-order valence-electron chi connectivity index (χ3n) is 5.33. The van der Waals surface area contributed by atoms with Gasteiger partial charge in [0, 0.05) is 18.4 Å². The van der Waals surface area contributed by atoms with Crippen LogP contribution < -0.4 is 10.6 Å². The van der Waals surface area contributed by atoms with E-state index in [-0.39, 0.29) is 0 Å². The summed E-state index contributed by atoms with van der Waals surface area (Å²) >= 11 is 1.59. The highest BCUT2D eigenvalue weighted by Crippen LogP contribution is 2.33. The molecular weight excluding hydrogens is 434 g/mol. The van der Waals surface area contributed by atoms with E-state index >= 15 is 0 Å². The summed E-state index contributed by atoms with van der Waals surface area (Å²) in [5, 5.41) is 24.6. The fraction of sp³-hybridized carbons (Fsp3) is 0.375. The minimum absolute atomic E-state index is 0.512. The third-order valence-corrected chi connectivity index (χ3v) is 6.32. The maximum atomic E-state index is 10.4. The van der Waals surface area contributed by atoms with Gasteiger partial charge in [0.15, 0.2) is 0 Å². The molecular formula is C24H31N7OS. The molecule has 8 nitrogen and oxygen atoms in total. The van der Waals surface area contributed by atoms with E-state index in [4.69, 9.17) is 9.97 Å². The van der Waals surface area contributed by atoms with Gasteiger partial charge in [-0.3, -0.25) is 4.68 Å². The van der Waals surface area contributed by atoms with Gasteiger partial charge in [0.25, 0.3) is 0 Å². The Morgan fingerprint density at radius 2 is 1.97 bits per heavy atom. The first kappa shape index (κ1) is 23.2. The molecule has 0 spiro atoms. The average molecular weight is 466 g/mol. The van der Waals surface area contributed by atoms with Crippen LogP contribution in [-0.4, -0.2) is 50.4 Å². The van der Waals surface area contributed by atoms with Crippen LogP contribution in [0.2, 0.25) is 0 Å². The maximum absolute atomic E-state index is 10.4. The maximum Gasteiger partial charge on any atom is 0.230 e. The van der Waals surface area contributed by atoms with Gasteiger partial charge >= 0.3 is 0 Å². The molecule has 4 aromatic rings. The van der Waals surface area contributed by atoms with Crippen molar-refractivity contribution in [2.45, 2.75) is 39.3 Å². The number of fused-ring (bicyclic) bond motifs is 1. The number of nitrogens with zero attached hydrogens (tertiary/aromatic N) is 5. The molecule has 0 aliphatic carbocycles. The van der Waals surface area contributed by atoms with Crippen LogP contribution in [0.4, 0.5) is 23.1 Å². The Bertz CT molecular complexity index is 1240. The summed E-state index contributed by atoms with van der Waals surface area (Å²) in [6, 6.07) is 7.76. The Kier molecular flexibility index (Phi) is 6.64. The number of aromatic nitrogens is 4. The Morgan fingerprint density at radius 3 is 2.73 bits per heavy atom. The van der Waals surface area contributed by atoms with E-state index in [2.05, 4.69) is 47.0 Å². The number of rotatable bonds is 9. The summed E-state index contributed by atoms with van der Waals surface area (Å²) in [7, 11) is 4.14. The van der Waals surface area contributed by atoms with Crippen molar-refractivity contribution in [3.8, 4) is 0 Å². The Morgan fingerprint density at radius 1 is 1.15 bits per heavy atom. The van der Waals surface area contributed by atoms with Gasteiger partial charge in [-0.15, -0.1) is 11.3 Å². The second-order valence-corrected chi connectivity index (χ2v) is 9.89. The van der Waals surface area contributed by atoms with Gasteiger partial charge in [-0.1, -0.05) is 12.1 Å². The average Bonchev–Trinajstić information content (AvgIpc) is 3.34. The second kappa shape index (κ2) is 9.46. The van der Waals surface area contributed by atoms with Crippen LogP contribution in [0.1, 0.15) is 31.4 Å². The molecule has 0 unspecified atom stereocenters. The zero-order valence-corrected chi connectivity index (χ0v) is 20.6. The van der Waals surface area contributed by atoms with Gasteiger partial charge in [-0.2, -0.15) is 10.1 Å². The largest absolute Gasteiger partial charge is 0.386 e. The predicted molar refractivity (Wildman–Crippen MR) is 136 cm³/mol. The highest BCUT2D eigenvalue weighted by atomic mass is 32.1. The fourth-order valence-corrected chi connectivity index (χ4v) is 4.49. The van der Waals surface area contributed by atoms with E-state index in [1.54, 1.807) is 31.4 Å². The zero-order chi connectivity index (χ0) is 23.6. The molecule has 0 radical (unpaired) electrons. The number of nitrogens with one attached hydrogen (secondary N) is 2. The summed E-state index contributed by atoms with van der Waals surface area (Å²) in [4.78, 5) is 12.6. The summed E-state index contributed by atoms with van der Waals surface area (Å²) in [5.41, 5.74) is 2.75. The molecule has 0 saturated heterocycles. The lowest BCUT2D eigenvalue weighted by Gasteiger charge is -2.19. The first-order valence-electron chi connectivity index (χ1n) is 11.0. The van der Waals surface area contributed by atoms with Crippen molar-refractivity contribution in [3.05, 3.63) is 53.2 Å². The van der Waals surface area contributed by atoms with Gasteiger partial charge in [0.1, 0.15) is 10.6 Å². The zero-order valence-electron chi connectivity index (χ0n) is 19.8. The topological polar surface area (TPSA) is 91.1 Å². The smallest absolute Gasteiger partial charge is 0.230 e. The van der Waals surface area contributed by atoms with E-state index in [0.717, 1.165) is 58.0 Å². The van der Waals surface area contributed by atoms with Crippen LogP contribution in [0.15, 0.2) is 42.0 Å². The molecule has 0 bridgehead atoms. The Labute approximate surface area is 198 Å². The number of hydrogen-bond donors (Lipinski definition) is 3. The molecule has 3 aromatic heterocycles. The number of hydrogen-bond acceptors (Lipinski definition) is 8. The highest BCUT2D eigenvalue weighted by molar-refractivity contribution is 7.17. The molecule has 9 heteroatoms. The number of thiophene rings is 1. The normalized spacial score (nSPS) is 12.0. The lowest BCUT2D eigenvalue weighted by atomic mass is 9.98. The van der Waals surface area contributed by atoms with Crippen LogP contribution in [0.25, 0.3) is 10.2 Å². The highest BCUT2D eigenvalue weighted by Gasteiger charge is 2.17. The third kappa shape index (κ3) is 5.68. The minimum atomic E-state index is -0.920. The van der Waals surface area contributed by atoms with E-state index < -0.39 is 5.60 Å². The molecule has 0 atom stereocenters. The summed E-state index contributed by atoms with van der Waals surface area (Å²) in [6.07, 6.45) is 4.80. The Hall–Kier alpha value is -3.01. The van der Waals surface area contributed by atoms with Crippen molar-refractivity contribution in [1.29, 1.82) is 0 Å². The van der Waals surface area contributed by atoms with E-state index in [1.807, 2.05) is 35.1 Å². The summed E-state index contributed by atoms with van der Waals surface area (Å²) in [6.45, 7) is 7.49. The summed E-state index contributed by atoms with van der Waals surface area (Å²) in [5.74, 6) is 1.24. The van der Waals surface area contributed by atoms with Gasteiger partial charge < -0.3 is 20.6 Å². The number of aliphatic hydroxyl groups is 1. The van der Waals surface area contributed by atoms with Gasteiger partial charge in [-0.05, 0) is 76.5 Å². The molecule has 0 fully saturated rings. The van der Waals surface area contributed by atoms with Crippen LogP contribution in [0.3, 0.4) is 0 Å². The minimum Gasteiger partial charge on any atom is -0.386 e. The molecule has 3 heterocycles.